The Morgan fingerprint density at radius 1 is 0.950 bits per heavy atom. The SMILES string of the molecule is CNCCCC1C=c2ccccc2=Cc2ccccc21. The maximum absolute atomic E-state index is 3.24. The van der Waals surface area contributed by atoms with Gasteiger partial charge in [0.2, 0.25) is 0 Å². The molecule has 0 spiro atoms. The molecular weight excluding hydrogens is 242 g/mol. The van der Waals surface area contributed by atoms with Crippen molar-refractivity contribution < 1.29 is 0 Å². The van der Waals surface area contributed by atoms with Gasteiger partial charge in [-0.15, -0.1) is 0 Å². The third kappa shape index (κ3) is 2.68. The highest BCUT2D eigenvalue weighted by Gasteiger charge is 2.13. The highest BCUT2D eigenvalue weighted by atomic mass is 14.8. The van der Waals surface area contributed by atoms with Crippen LogP contribution in [0.15, 0.2) is 48.5 Å². The van der Waals surface area contributed by atoms with Gasteiger partial charge in [0.25, 0.3) is 0 Å². The summed E-state index contributed by atoms with van der Waals surface area (Å²) < 4.78 is 0. The van der Waals surface area contributed by atoms with Crippen LogP contribution in [0.4, 0.5) is 0 Å². The number of hydrogen-bond acceptors (Lipinski definition) is 1. The van der Waals surface area contributed by atoms with E-state index in [1.165, 1.54) is 34.4 Å². The Labute approximate surface area is 120 Å². The maximum atomic E-state index is 3.24. The van der Waals surface area contributed by atoms with Crippen LogP contribution in [-0.4, -0.2) is 13.6 Å². The first-order valence-electron chi connectivity index (χ1n) is 7.40. The zero-order chi connectivity index (χ0) is 13.8. The van der Waals surface area contributed by atoms with Crippen LogP contribution in [0.3, 0.4) is 0 Å². The molecule has 0 aliphatic heterocycles. The molecule has 1 aliphatic carbocycles. The number of rotatable bonds is 4. The molecule has 1 heteroatoms. The lowest BCUT2D eigenvalue weighted by atomic mass is 9.90. The van der Waals surface area contributed by atoms with Gasteiger partial charge < -0.3 is 5.32 Å². The monoisotopic (exact) mass is 263 g/mol. The van der Waals surface area contributed by atoms with E-state index in [-0.39, 0.29) is 0 Å². The van der Waals surface area contributed by atoms with Crippen LogP contribution in [0.5, 0.6) is 0 Å². The van der Waals surface area contributed by atoms with Crippen LogP contribution in [-0.2, 0) is 0 Å². The van der Waals surface area contributed by atoms with Crippen molar-refractivity contribution in [2.24, 2.45) is 0 Å². The zero-order valence-electron chi connectivity index (χ0n) is 12.0. The second-order valence-electron chi connectivity index (χ2n) is 5.42. The lowest BCUT2D eigenvalue weighted by molar-refractivity contribution is 0.652. The Balaban J connectivity index is 2.08. The molecule has 0 radical (unpaired) electrons. The Bertz CT molecular complexity index is 700. The van der Waals surface area contributed by atoms with Crippen LogP contribution < -0.4 is 15.8 Å². The third-order valence-electron chi connectivity index (χ3n) is 4.03. The largest absolute Gasteiger partial charge is 0.320 e. The summed E-state index contributed by atoms with van der Waals surface area (Å²) in [5.74, 6) is 0.513. The second-order valence-corrected chi connectivity index (χ2v) is 5.42. The lowest BCUT2D eigenvalue weighted by Crippen LogP contribution is -2.23. The molecule has 1 N–H and O–H groups in total. The molecule has 102 valence electrons. The summed E-state index contributed by atoms with van der Waals surface area (Å²) in [6.45, 7) is 1.08. The van der Waals surface area contributed by atoms with Crippen molar-refractivity contribution in [2.45, 2.75) is 18.8 Å². The van der Waals surface area contributed by atoms with Crippen molar-refractivity contribution in [2.75, 3.05) is 13.6 Å². The average Bonchev–Trinajstić information content (AvgIpc) is 2.64. The molecule has 0 aromatic heterocycles. The van der Waals surface area contributed by atoms with E-state index in [9.17, 15) is 0 Å². The van der Waals surface area contributed by atoms with Gasteiger partial charge in [-0.1, -0.05) is 54.6 Å². The molecule has 1 aliphatic rings. The Morgan fingerprint density at radius 2 is 1.70 bits per heavy atom. The predicted molar refractivity (Wildman–Crippen MR) is 86.1 cm³/mol. The van der Waals surface area contributed by atoms with Crippen molar-refractivity contribution >= 4 is 12.2 Å². The molecule has 0 amide bonds. The normalized spacial score (nSPS) is 16.4. The molecular formula is C19H21N. The molecule has 2 aromatic rings. The van der Waals surface area contributed by atoms with Crippen molar-refractivity contribution in [3.8, 4) is 0 Å². The van der Waals surface area contributed by atoms with E-state index in [0.29, 0.717) is 5.92 Å². The van der Waals surface area contributed by atoms with E-state index < -0.39 is 0 Å². The minimum absolute atomic E-state index is 0.513. The van der Waals surface area contributed by atoms with Crippen LogP contribution in [0, 0.1) is 0 Å². The van der Waals surface area contributed by atoms with Gasteiger partial charge in [0.15, 0.2) is 0 Å². The summed E-state index contributed by atoms with van der Waals surface area (Å²) in [4.78, 5) is 0. The van der Waals surface area contributed by atoms with Crippen LogP contribution in [0.2, 0.25) is 0 Å². The standard InChI is InChI=1S/C19H21N/c1-20-12-6-10-18-14-16-8-3-2-7-15(16)13-17-9-4-5-11-19(17)18/h2-5,7-9,11,13-14,18,20H,6,10,12H2,1H3. The van der Waals surface area contributed by atoms with Gasteiger partial charge in [-0.25, -0.2) is 0 Å². The summed E-state index contributed by atoms with van der Waals surface area (Å²) in [7, 11) is 2.02. The molecule has 3 rings (SSSR count). The van der Waals surface area contributed by atoms with E-state index in [1.807, 2.05) is 7.05 Å². The second kappa shape index (κ2) is 6.06. The van der Waals surface area contributed by atoms with E-state index in [2.05, 4.69) is 66.0 Å². The molecule has 0 saturated carbocycles. The van der Waals surface area contributed by atoms with Crippen molar-refractivity contribution in [1.82, 2.24) is 5.32 Å². The molecule has 1 unspecified atom stereocenters. The third-order valence-corrected chi connectivity index (χ3v) is 4.03. The quantitative estimate of drug-likeness (QED) is 0.835. The molecule has 2 aromatic carbocycles. The first kappa shape index (κ1) is 13.1. The molecule has 0 bridgehead atoms. The van der Waals surface area contributed by atoms with Gasteiger partial charge in [-0.3, -0.25) is 0 Å². The van der Waals surface area contributed by atoms with Crippen molar-refractivity contribution in [1.29, 1.82) is 0 Å². The topological polar surface area (TPSA) is 12.0 Å². The van der Waals surface area contributed by atoms with Gasteiger partial charge in [-0.2, -0.15) is 0 Å². The Kier molecular flexibility index (Phi) is 3.98. The summed E-state index contributed by atoms with van der Waals surface area (Å²) in [6.07, 6.45) is 7.15. The van der Waals surface area contributed by atoms with Gasteiger partial charge in [0.1, 0.15) is 0 Å². The van der Waals surface area contributed by atoms with Gasteiger partial charge in [0, 0.05) is 5.92 Å². The van der Waals surface area contributed by atoms with E-state index in [0.717, 1.165) is 6.54 Å². The molecule has 0 saturated heterocycles. The number of nitrogens with one attached hydrogen (secondary N) is 1. The number of fused-ring (bicyclic) bond motifs is 2. The summed E-state index contributed by atoms with van der Waals surface area (Å²) in [5, 5.41) is 5.93. The van der Waals surface area contributed by atoms with Gasteiger partial charge in [0.05, 0.1) is 0 Å². The first-order valence-corrected chi connectivity index (χ1v) is 7.40. The lowest BCUT2D eigenvalue weighted by Gasteiger charge is -2.15. The molecule has 0 heterocycles. The zero-order valence-corrected chi connectivity index (χ0v) is 12.0. The highest BCUT2D eigenvalue weighted by molar-refractivity contribution is 5.61. The van der Waals surface area contributed by atoms with E-state index in [4.69, 9.17) is 0 Å². The fraction of sp³-hybridized carbons (Fsp3) is 0.263. The fourth-order valence-corrected chi connectivity index (χ4v) is 2.99. The average molecular weight is 263 g/mol. The smallest absolute Gasteiger partial charge is 0.00335 e. The van der Waals surface area contributed by atoms with Crippen LogP contribution in [0.25, 0.3) is 12.2 Å². The summed E-state index contributed by atoms with van der Waals surface area (Å²) in [6, 6.07) is 17.5. The minimum atomic E-state index is 0.513. The van der Waals surface area contributed by atoms with Crippen LogP contribution in [0.1, 0.15) is 29.9 Å². The van der Waals surface area contributed by atoms with Gasteiger partial charge >= 0.3 is 0 Å². The molecule has 1 nitrogen and oxygen atoms in total. The van der Waals surface area contributed by atoms with E-state index in [1.54, 1.807) is 0 Å². The molecule has 20 heavy (non-hydrogen) atoms. The number of hydrogen-bond donors (Lipinski definition) is 1. The summed E-state index contributed by atoms with van der Waals surface area (Å²) in [5.41, 5.74) is 2.82. The molecule has 1 atom stereocenters. The maximum Gasteiger partial charge on any atom is 0.00335 e. The highest BCUT2D eigenvalue weighted by Crippen LogP contribution is 2.27. The Morgan fingerprint density at radius 3 is 2.55 bits per heavy atom. The summed E-state index contributed by atoms with van der Waals surface area (Å²) >= 11 is 0. The first-order chi connectivity index (χ1) is 9.88. The van der Waals surface area contributed by atoms with Crippen LogP contribution >= 0.6 is 0 Å². The van der Waals surface area contributed by atoms with E-state index >= 15 is 0 Å². The fourth-order valence-electron chi connectivity index (χ4n) is 2.99. The minimum Gasteiger partial charge on any atom is -0.320 e. The van der Waals surface area contributed by atoms with Crippen molar-refractivity contribution in [3.63, 3.8) is 0 Å². The number of benzene rings is 2. The van der Waals surface area contributed by atoms with Gasteiger partial charge in [-0.05, 0) is 54.1 Å². The van der Waals surface area contributed by atoms with Crippen molar-refractivity contribution in [3.05, 3.63) is 70.1 Å². The Hall–Kier alpha value is -1.86. The predicted octanol–water partition coefficient (Wildman–Crippen LogP) is 2.39. The molecule has 0 fully saturated rings.